The number of para-hydroxylation sites is 2. The van der Waals surface area contributed by atoms with Gasteiger partial charge in [0.2, 0.25) is 0 Å². The minimum Gasteiger partial charge on any atom is -0.309 e. The van der Waals surface area contributed by atoms with Crippen molar-refractivity contribution in [2.24, 2.45) is 0 Å². The van der Waals surface area contributed by atoms with Crippen molar-refractivity contribution in [2.75, 3.05) is 4.90 Å². The van der Waals surface area contributed by atoms with E-state index in [1.165, 1.54) is 84.5 Å². The Morgan fingerprint density at radius 3 is 1.56 bits per heavy atom. The number of hydrogen-bond acceptors (Lipinski definition) is 3. The molecule has 0 spiro atoms. The van der Waals surface area contributed by atoms with Crippen LogP contribution in [0.1, 0.15) is 0 Å². The molecule has 0 saturated heterocycles. The van der Waals surface area contributed by atoms with Gasteiger partial charge in [0.15, 0.2) is 0 Å². The van der Waals surface area contributed by atoms with Gasteiger partial charge in [-0.25, -0.2) is 0 Å². The molecule has 0 radical (unpaired) electrons. The Bertz CT molecular complexity index is 3240. The number of fused-ring (bicyclic) bond motifs is 7. The van der Waals surface area contributed by atoms with Crippen LogP contribution in [-0.2, 0) is 0 Å². The van der Waals surface area contributed by atoms with Crippen LogP contribution in [0.25, 0.3) is 84.5 Å². The smallest absolute Gasteiger partial charge is 0.0540 e. The maximum absolute atomic E-state index is 2.49. The number of benzene rings is 9. The first-order valence-corrected chi connectivity index (χ1v) is 20.3. The zero-order chi connectivity index (χ0) is 36.3. The molecular formula is C52H33NS2. The number of anilines is 3. The first kappa shape index (κ1) is 32.0. The molecule has 0 aliphatic heterocycles. The molecule has 0 amide bonds. The topological polar surface area (TPSA) is 3.24 Å². The normalized spacial score (nSPS) is 11.6. The molecule has 0 saturated carbocycles. The molecule has 2 aromatic heterocycles. The summed E-state index contributed by atoms with van der Waals surface area (Å²) >= 11 is 3.73. The molecule has 0 aliphatic rings. The summed E-state index contributed by atoms with van der Waals surface area (Å²) < 4.78 is 5.23. The van der Waals surface area contributed by atoms with Gasteiger partial charge in [-0.1, -0.05) is 146 Å². The second-order valence-electron chi connectivity index (χ2n) is 14.0. The quantitative estimate of drug-likeness (QED) is 0.164. The van der Waals surface area contributed by atoms with E-state index in [0.717, 1.165) is 17.1 Å². The lowest BCUT2D eigenvalue weighted by molar-refractivity contribution is 1.28. The summed E-state index contributed by atoms with van der Waals surface area (Å²) in [7, 11) is 0. The van der Waals surface area contributed by atoms with Crippen molar-refractivity contribution < 1.29 is 0 Å². The fourth-order valence-electron chi connectivity index (χ4n) is 8.40. The van der Waals surface area contributed by atoms with E-state index in [1.54, 1.807) is 0 Å². The minimum atomic E-state index is 1.11. The van der Waals surface area contributed by atoms with E-state index in [1.807, 2.05) is 22.7 Å². The van der Waals surface area contributed by atoms with Gasteiger partial charge in [0.1, 0.15) is 0 Å². The predicted octanol–water partition coefficient (Wildman–Crippen LogP) is 16.0. The number of hydrogen-bond donors (Lipinski definition) is 0. The van der Waals surface area contributed by atoms with Crippen molar-refractivity contribution in [3.8, 4) is 33.4 Å². The maximum atomic E-state index is 2.49. The average Bonchev–Trinajstić information content (AvgIpc) is 3.83. The summed E-state index contributed by atoms with van der Waals surface area (Å²) in [5.74, 6) is 0. The van der Waals surface area contributed by atoms with Crippen molar-refractivity contribution in [1.82, 2.24) is 0 Å². The molecule has 0 fully saturated rings. The molecule has 11 aromatic rings. The summed E-state index contributed by atoms with van der Waals surface area (Å²) in [6, 6.07) is 73.5. The van der Waals surface area contributed by atoms with Crippen LogP contribution in [-0.4, -0.2) is 0 Å². The van der Waals surface area contributed by atoms with Gasteiger partial charge in [0.25, 0.3) is 0 Å². The Kier molecular flexibility index (Phi) is 7.61. The first-order valence-electron chi connectivity index (χ1n) is 18.7. The lowest BCUT2D eigenvalue weighted by Gasteiger charge is -2.30. The summed E-state index contributed by atoms with van der Waals surface area (Å²) in [5.41, 5.74) is 10.6. The highest BCUT2D eigenvalue weighted by atomic mass is 32.1. The van der Waals surface area contributed by atoms with Gasteiger partial charge < -0.3 is 4.90 Å². The Balaban J connectivity index is 1.18. The highest BCUT2D eigenvalue weighted by Gasteiger charge is 2.23. The summed E-state index contributed by atoms with van der Waals surface area (Å²) in [6.07, 6.45) is 0. The van der Waals surface area contributed by atoms with Gasteiger partial charge in [-0.2, -0.15) is 0 Å². The molecule has 55 heavy (non-hydrogen) atoms. The summed E-state index contributed by atoms with van der Waals surface area (Å²) in [6.45, 7) is 0. The molecule has 9 aromatic carbocycles. The van der Waals surface area contributed by atoms with Crippen LogP contribution in [0.2, 0.25) is 0 Å². The van der Waals surface area contributed by atoms with E-state index in [2.05, 4.69) is 205 Å². The Labute approximate surface area is 327 Å². The number of rotatable bonds is 6. The van der Waals surface area contributed by atoms with E-state index in [4.69, 9.17) is 0 Å². The van der Waals surface area contributed by atoms with Gasteiger partial charge in [-0.15, -0.1) is 22.7 Å². The molecule has 1 nitrogen and oxygen atoms in total. The molecule has 0 bridgehead atoms. The zero-order valence-corrected chi connectivity index (χ0v) is 31.4. The van der Waals surface area contributed by atoms with Crippen LogP contribution in [0.3, 0.4) is 0 Å². The Morgan fingerprint density at radius 2 is 0.818 bits per heavy atom. The number of nitrogens with zero attached hydrogens (tertiary/aromatic N) is 1. The molecule has 11 rings (SSSR count). The predicted molar refractivity (Wildman–Crippen MR) is 241 cm³/mol. The first-order chi connectivity index (χ1) is 27.3. The van der Waals surface area contributed by atoms with Gasteiger partial charge in [0.05, 0.1) is 11.4 Å². The van der Waals surface area contributed by atoms with Crippen molar-refractivity contribution in [1.29, 1.82) is 0 Å². The largest absolute Gasteiger partial charge is 0.309 e. The fraction of sp³-hybridized carbons (Fsp3) is 0. The van der Waals surface area contributed by atoms with Crippen LogP contribution in [0.4, 0.5) is 17.1 Å². The summed E-state index contributed by atoms with van der Waals surface area (Å²) in [4.78, 5) is 2.49. The zero-order valence-electron chi connectivity index (χ0n) is 29.8. The van der Waals surface area contributed by atoms with E-state index in [9.17, 15) is 0 Å². The monoisotopic (exact) mass is 735 g/mol. The van der Waals surface area contributed by atoms with E-state index >= 15 is 0 Å². The van der Waals surface area contributed by atoms with E-state index in [-0.39, 0.29) is 0 Å². The molecule has 258 valence electrons. The Hall–Kier alpha value is -6.52. The van der Waals surface area contributed by atoms with Gasteiger partial charge in [0, 0.05) is 57.2 Å². The molecule has 2 heterocycles. The van der Waals surface area contributed by atoms with Crippen LogP contribution >= 0.6 is 22.7 Å². The molecule has 0 aliphatic carbocycles. The van der Waals surface area contributed by atoms with Crippen molar-refractivity contribution in [3.05, 3.63) is 200 Å². The van der Waals surface area contributed by atoms with Gasteiger partial charge >= 0.3 is 0 Å². The van der Waals surface area contributed by atoms with E-state index in [0.29, 0.717) is 0 Å². The van der Waals surface area contributed by atoms with E-state index < -0.39 is 0 Å². The molecule has 3 heteroatoms. The fourth-order valence-corrected chi connectivity index (χ4v) is 10.7. The molecule has 0 atom stereocenters. The van der Waals surface area contributed by atoms with Crippen LogP contribution in [0, 0.1) is 0 Å². The third-order valence-electron chi connectivity index (χ3n) is 10.9. The lowest BCUT2D eigenvalue weighted by Crippen LogP contribution is -2.12. The minimum absolute atomic E-state index is 1.11. The molecule has 0 unspecified atom stereocenters. The Morgan fingerprint density at radius 1 is 0.309 bits per heavy atom. The highest BCUT2D eigenvalue weighted by Crippen LogP contribution is 2.49. The second kappa shape index (κ2) is 13.1. The van der Waals surface area contributed by atoms with Crippen LogP contribution < -0.4 is 4.90 Å². The van der Waals surface area contributed by atoms with Crippen LogP contribution in [0.5, 0.6) is 0 Å². The molecular weight excluding hydrogens is 703 g/mol. The van der Waals surface area contributed by atoms with Gasteiger partial charge in [-0.3, -0.25) is 0 Å². The number of thiophene rings is 2. The van der Waals surface area contributed by atoms with Crippen molar-refractivity contribution >= 4 is 90.9 Å². The molecule has 0 N–H and O–H groups in total. The third kappa shape index (κ3) is 5.35. The SMILES string of the molecule is c1cc(-c2cccc3sc4ccccc4c23)cc(N(c2ccccc2-c2ccc3ccccc3c2)c2ccccc2-c2cccc3sc4ccccc4c23)c1. The van der Waals surface area contributed by atoms with Crippen molar-refractivity contribution in [2.45, 2.75) is 0 Å². The van der Waals surface area contributed by atoms with Crippen molar-refractivity contribution in [3.63, 3.8) is 0 Å². The average molecular weight is 736 g/mol. The standard InChI is InChI=1S/C52H33NS2/c1-2-15-35-32-37(31-30-34(35)14-1)39-18-3-7-24-45(39)53(38-17-11-16-36(33-38)40-22-12-28-49-51(40)43-20-5-9-26-47(43)54-49)46-25-8-4-19-41(46)42-23-13-29-50-52(42)44-21-6-10-27-48(44)55-50/h1-33H. The second-order valence-corrected chi connectivity index (χ2v) is 16.2. The maximum Gasteiger partial charge on any atom is 0.0540 e. The van der Waals surface area contributed by atoms with Gasteiger partial charge in [-0.05, 0) is 87.6 Å². The summed E-state index contributed by atoms with van der Waals surface area (Å²) in [5, 5.41) is 7.71. The lowest BCUT2D eigenvalue weighted by atomic mass is 9.95. The van der Waals surface area contributed by atoms with Crippen LogP contribution in [0.15, 0.2) is 200 Å². The third-order valence-corrected chi connectivity index (χ3v) is 13.1. The highest BCUT2D eigenvalue weighted by molar-refractivity contribution is 7.26.